The van der Waals surface area contributed by atoms with Crippen LogP contribution in [0.3, 0.4) is 0 Å². The predicted molar refractivity (Wildman–Crippen MR) is 108 cm³/mol. The van der Waals surface area contributed by atoms with E-state index in [1.165, 1.54) is 6.20 Å². The Morgan fingerprint density at radius 2 is 1.80 bits per heavy atom. The highest BCUT2D eigenvalue weighted by Gasteiger charge is 2.30. The quantitative estimate of drug-likeness (QED) is 0.545. The topological polar surface area (TPSA) is 60.2 Å². The number of aromatic nitrogens is 3. The Morgan fingerprint density at radius 3 is 2.40 bits per heavy atom. The van der Waals surface area contributed by atoms with E-state index in [-0.39, 0.29) is 10.8 Å². The van der Waals surface area contributed by atoms with Crippen LogP contribution in [0.2, 0.25) is 10.0 Å². The summed E-state index contributed by atoms with van der Waals surface area (Å²) in [4.78, 5) is 17.9. The van der Waals surface area contributed by atoms with Gasteiger partial charge in [-0.15, -0.1) is 0 Å². The first-order chi connectivity index (χ1) is 14.2. The third-order valence-corrected chi connectivity index (χ3v) is 4.72. The molecular weight excluding hydrogens is 444 g/mol. The van der Waals surface area contributed by atoms with Gasteiger partial charge in [0.1, 0.15) is 17.4 Å². The van der Waals surface area contributed by atoms with Crippen molar-refractivity contribution < 1.29 is 17.9 Å². The van der Waals surface area contributed by atoms with Crippen molar-refractivity contribution in [3.8, 4) is 11.6 Å². The Morgan fingerprint density at radius 1 is 1.10 bits per heavy atom. The van der Waals surface area contributed by atoms with E-state index < -0.39 is 17.3 Å². The number of anilines is 1. The van der Waals surface area contributed by atoms with Crippen LogP contribution >= 0.6 is 23.2 Å². The smallest absolute Gasteiger partial charge is 0.417 e. The van der Waals surface area contributed by atoms with Crippen LogP contribution in [0.15, 0.2) is 53.6 Å². The van der Waals surface area contributed by atoms with Crippen molar-refractivity contribution in [1.29, 1.82) is 0 Å². The summed E-state index contributed by atoms with van der Waals surface area (Å²) in [6.07, 6.45) is -2.56. The zero-order chi connectivity index (χ0) is 21.9. The Labute approximate surface area is 179 Å². The molecule has 0 saturated carbocycles. The number of ether oxygens (including phenoxy) is 1. The average molecular weight is 459 g/mol. The molecule has 0 saturated heterocycles. The summed E-state index contributed by atoms with van der Waals surface area (Å²) in [5.41, 5.74) is -1.28. The molecule has 158 valence electrons. The van der Waals surface area contributed by atoms with Crippen molar-refractivity contribution in [1.82, 2.24) is 14.8 Å². The summed E-state index contributed by atoms with van der Waals surface area (Å²) in [7, 11) is 1.70. The van der Waals surface area contributed by atoms with Crippen molar-refractivity contribution in [2.24, 2.45) is 0 Å². The fraction of sp³-hybridized carbons (Fsp3) is 0.211. The first kappa shape index (κ1) is 21.9. The summed E-state index contributed by atoms with van der Waals surface area (Å²) in [6.45, 7) is 0.698. The molecule has 0 atom stereocenters. The van der Waals surface area contributed by atoms with Gasteiger partial charge in [-0.05, 0) is 36.4 Å². The second-order valence-corrected chi connectivity index (χ2v) is 7.00. The average Bonchev–Trinajstić information content (AvgIpc) is 2.71. The van der Waals surface area contributed by atoms with Gasteiger partial charge in [-0.25, -0.2) is 4.98 Å². The van der Waals surface area contributed by atoms with Crippen LogP contribution in [-0.4, -0.2) is 35.0 Å². The molecule has 3 rings (SSSR count). The maximum absolute atomic E-state index is 12.7. The molecule has 2 heterocycles. The third kappa shape index (κ3) is 5.03. The molecule has 0 radical (unpaired) electrons. The standard InChI is InChI=1S/C19H15Cl2F3N4O2/c1-27(8-9-30-14-5-3-13(20)4-6-14)15-11-26-28(18(29)17(15)21)16-7-2-12(10-25-16)19(22,23)24/h2-7,10-11H,8-9H2,1H3. The summed E-state index contributed by atoms with van der Waals surface area (Å²) in [5.74, 6) is 0.566. The Kier molecular flexibility index (Phi) is 6.52. The number of nitrogens with zero attached hydrogens (tertiary/aromatic N) is 4. The van der Waals surface area contributed by atoms with Crippen LogP contribution in [-0.2, 0) is 6.18 Å². The van der Waals surface area contributed by atoms with E-state index in [2.05, 4.69) is 10.1 Å². The first-order valence-corrected chi connectivity index (χ1v) is 9.33. The van der Waals surface area contributed by atoms with Crippen molar-refractivity contribution in [2.45, 2.75) is 6.18 Å². The number of rotatable bonds is 6. The zero-order valence-electron chi connectivity index (χ0n) is 15.5. The molecule has 11 heteroatoms. The number of hydrogen-bond donors (Lipinski definition) is 0. The summed E-state index contributed by atoms with van der Waals surface area (Å²) >= 11 is 12.0. The van der Waals surface area contributed by atoms with Gasteiger partial charge in [0.25, 0.3) is 5.56 Å². The second kappa shape index (κ2) is 8.93. The van der Waals surface area contributed by atoms with Gasteiger partial charge in [0.2, 0.25) is 0 Å². The van der Waals surface area contributed by atoms with Gasteiger partial charge >= 0.3 is 6.18 Å². The van der Waals surface area contributed by atoms with E-state index in [0.717, 1.165) is 16.8 Å². The van der Waals surface area contributed by atoms with Crippen molar-refractivity contribution in [3.05, 3.63) is 74.8 Å². The second-order valence-electron chi connectivity index (χ2n) is 6.19. The molecule has 0 amide bonds. The van der Waals surface area contributed by atoms with Crippen LogP contribution < -0.4 is 15.2 Å². The molecule has 0 aliphatic carbocycles. The minimum Gasteiger partial charge on any atom is -0.492 e. The molecular formula is C19H15Cl2F3N4O2. The minimum absolute atomic E-state index is 0.0739. The maximum atomic E-state index is 12.7. The molecule has 1 aromatic carbocycles. The van der Waals surface area contributed by atoms with Crippen LogP contribution in [0.4, 0.5) is 18.9 Å². The normalized spacial score (nSPS) is 11.4. The number of benzene rings is 1. The Hall–Kier alpha value is -2.78. The summed E-state index contributed by atoms with van der Waals surface area (Å²) in [5, 5.41) is 4.44. The van der Waals surface area contributed by atoms with E-state index in [0.29, 0.717) is 35.8 Å². The van der Waals surface area contributed by atoms with E-state index in [1.54, 1.807) is 36.2 Å². The highest BCUT2D eigenvalue weighted by Crippen LogP contribution is 2.28. The molecule has 6 nitrogen and oxygen atoms in total. The van der Waals surface area contributed by atoms with Gasteiger partial charge in [0.15, 0.2) is 5.82 Å². The van der Waals surface area contributed by atoms with Gasteiger partial charge < -0.3 is 9.64 Å². The number of alkyl halides is 3. The van der Waals surface area contributed by atoms with Crippen LogP contribution in [0.25, 0.3) is 5.82 Å². The highest BCUT2D eigenvalue weighted by atomic mass is 35.5. The lowest BCUT2D eigenvalue weighted by Crippen LogP contribution is -2.29. The first-order valence-electron chi connectivity index (χ1n) is 8.58. The molecule has 0 aliphatic rings. The van der Waals surface area contributed by atoms with Crippen LogP contribution in [0, 0.1) is 0 Å². The highest BCUT2D eigenvalue weighted by molar-refractivity contribution is 6.33. The number of halogens is 5. The molecule has 0 N–H and O–H groups in total. The van der Waals surface area contributed by atoms with Gasteiger partial charge in [-0.3, -0.25) is 4.79 Å². The minimum atomic E-state index is -4.53. The van der Waals surface area contributed by atoms with Crippen LogP contribution in [0.5, 0.6) is 5.75 Å². The molecule has 0 aliphatic heterocycles. The van der Waals surface area contributed by atoms with Gasteiger partial charge in [0, 0.05) is 18.3 Å². The largest absolute Gasteiger partial charge is 0.492 e. The lowest BCUT2D eigenvalue weighted by molar-refractivity contribution is -0.137. The molecule has 0 unspecified atom stereocenters. The molecule has 2 aromatic heterocycles. The van der Waals surface area contributed by atoms with Crippen molar-refractivity contribution >= 4 is 28.9 Å². The summed E-state index contributed by atoms with van der Waals surface area (Å²) in [6, 6.07) is 8.74. The van der Waals surface area contributed by atoms with E-state index in [1.807, 2.05) is 0 Å². The summed E-state index contributed by atoms with van der Waals surface area (Å²) < 4.78 is 44.4. The fourth-order valence-corrected chi connectivity index (χ4v) is 2.88. The third-order valence-electron chi connectivity index (χ3n) is 4.11. The fourth-order valence-electron chi connectivity index (χ4n) is 2.48. The molecule has 30 heavy (non-hydrogen) atoms. The SMILES string of the molecule is CN(CCOc1ccc(Cl)cc1)c1cnn(-c2ccc(C(F)(F)F)cn2)c(=O)c1Cl. The monoisotopic (exact) mass is 458 g/mol. The van der Waals surface area contributed by atoms with Crippen LogP contribution in [0.1, 0.15) is 5.56 Å². The molecule has 0 spiro atoms. The van der Waals surface area contributed by atoms with Crippen molar-refractivity contribution in [3.63, 3.8) is 0 Å². The maximum Gasteiger partial charge on any atom is 0.417 e. The predicted octanol–water partition coefficient (Wildman–Crippen LogP) is 4.47. The lowest BCUT2D eigenvalue weighted by atomic mass is 10.3. The zero-order valence-corrected chi connectivity index (χ0v) is 17.0. The number of hydrogen-bond acceptors (Lipinski definition) is 5. The van der Waals surface area contributed by atoms with E-state index in [4.69, 9.17) is 27.9 Å². The molecule has 0 fully saturated rings. The van der Waals surface area contributed by atoms with Gasteiger partial charge in [-0.1, -0.05) is 23.2 Å². The van der Waals surface area contributed by atoms with E-state index in [9.17, 15) is 18.0 Å². The van der Waals surface area contributed by atoms with Gasteiger partial charge in [0.05, 0.1) is 24.0 Å². The van der Waals surface area contributed by atoms with Gasteiger partial charge in [-0.2, -0.15) is 23.0 Å². The number of likely N-dealkylation sites (N-methyl/N-ethyl adjacent to an activating group) is 1. The Balaban J connectivity index is 1.72. The Bertz CT molecular complexity index is 1070. The van der Waals surface area contributed by atoms with E-state index >= 15 is 0 Å². The molecule has 0 bridgehead atoms. The lowest BCUT2D eigenvalue weighted by Gasteiger charge is -2.20. The van der Waals surface area contributed by atoms with Crippen molar-refractivity contribution in [2.75, 3.05) is 25.1 Å². The number of pyridine rings is 1. The molecule has 3 aromatic rings.